The second-order valence-corrected chi connectivity index (χ2v) is 12.3. The molecule has 2 aromatic heterocycles. The highest BCUT2D eigenvalue weighted by molar-refractivity contribution is 6.31. The molecule has 2 saturated heterocycles. The van der Waals surface area contributed by atoms with Crippen molar-refractivity contribution < 1.29 is 28.2 Å². The van der Waals surface area contributed by atoms with Gasteiger partial charge in [0.1, 0.15) is 17.7 Å². The van der Waals surface area contributed by atoms with Crippen LogP contribution in [0.5, 0.6) is 0 Å². The number of ether oxygens (including phenoxy) is 2. The van der Waals surface area contributed by atoms with Gasteiger partial charge in [0.25, 0.3) is 0 Å². The van der Waals surface area contributed by atoms with E-state index in [1.807, 2.05) is 6.92 Å². The zero-order valence-corrected chi connectivity index (χ0v) is 25.0. The van der Waals surface area contributed by atoms with Crippen molar-refractivity contribution in [3.05, 3.63) is 52.7 Å². The van der Waals surface area contributed by atoms with Gasteiger partial charge in [-0.1, -0.05) is 11.6 Å². The first-order valence-corrected chi connectivity index (χ1v) is 14.1. The van der Waals surface area contributed by atoms with E-state index in [9.17, 15) is 14.4 Å². The molecule has 3 amide bonds. The molecule has 42 heavy (non-hydrogen) atoms. The first-order chi connectivity index (χ1) is 19.8. The van der Waals surface area contributed by atoms with Crippen LogP contribution in [0.1, 0.15) is 38.8 Å². The van der Waals surface area contributed by atoms with Crippen molar-refractivity contribution >= 4 is 35.0 Å². The van der Waals surface area contributed by atoms with Gasteiger partial charge >= 0.3 is 6.09 Å². The maximum absolute atomic E-state index is 15.6. The first-order valence-electron chi connectivity index (χ1n) is 13.7. The molecule has 3 aromatic rings. The van der Waals surface area contributed by atoms with Crippen molar-refractivity contribution in [3.63, 3.8) is 0 Å². The van der Waals surface area contributed by atoms with Gasteiger partial charge in [-0.3, -0.25) is 19.4 Å². The number of likely N-dealkylation sites (N-methyl/N-ethyl adjacent to an activating group) is 1. The SMILES string of the molecule is C[C@H]1CN(C(=O)OC(C)(C)C)CC(Cc2c(F)cc(Cl)cc2-c2ncnn3cc(CN4C(=O)CN(C)CC4=O)cc23)O1. The molecule has 0 radical (unpaired) electrons. The molecule has 11 nitrogen and oxygen atoms in total. The fourth-order valence-electron chi connectivity index (χ4n) is 5.35. The number of hydrogen-bond donors (Lipinski definition) is 0. The number of rotatable bonds is 5. The summed E-state index contributed by atoms with van der Waals surface area (Å²) in [5.41, 5.74) is 1.78. The normalized spacial score (nSPS) is 20.5. The summed E-state index contributed by atoms with van der Waals surface area (Å²) in [5, 5.41) is 4.48. The van der Waals surface area contributed by atoms with Gasteiger partial charge in [0.15, 0.2) is 0 Å². The van der Waals surface area contributed by atoms with E-state index in [4.69, 9.17) is 21.1 Å². The molecule has 0 N–H and O–H groups in total. The number of halogens is 2. The number of piperazine rings is 1. The smallest absolute Gasteiger partial charge is 0.410 e. The number of carbonyl (C=O) groups is 3. The lowest BCUT2D eigenvalue weighted by molar-refractivity contribution is -0.151. The number of nitrogens with zero attached hydrogens (tertiary/aromatic N) is 6. The van der Waals surface area contributed by atoms with Crippen LogP contribution in [0.15, 0.2) is 30.7 Å². The molecule has 1 unspecified atom stereocenters. The zero-order chi connectivity index (χ0) is 30.3. The predicted octanol–water partition coefficient (Wildman–Crippen LogP) is 3.56. The zero-order valence-electron chi connectivity index (χ0n) is 24.3. The summed E-state index contributed by atoms with van der Waals surface area (Å²) in [5.74, 6) is -1.09. The molecule has 0 aliphatic carbocycles. The minimum absolute atomic E-state index is 0.0827. The molecule has 2 aliphatic heterocycles. The van der Waals surface area contributed by atoms with Crippen LogP contribution in [0, 0.1) is 5.82 Å². The Bertz CT molecular complexity index is 1520. The molecule has 2 atom stereocenters. The lowest BCUT2D eigenvalue weighted by Crippen LogP contribution is -2.52. The monoisotopic (exact) mass is 600 g/mol. The van der Waals surface area contributed by atoms with E-state index >= 15 is 4.39 Å². The molecule has 0 bridgehead atoms. The minimum Gasteiger partial charge on any atom is -0.444 e. The number of benzene rings is 1. The molecule has 2 aliphatic rings. The summed E-state index contributed by atoms with van der Waals surface area (Å²) in [6.45, 7) is 8.24. The van der Waals surface area contributed by atoms with Gasteiger partial charge in [-0.25, -0.2) is 18.7 Å². The van der Waals surface area contributed by atoms with Crippen LogP contribution in [0.3, 0.4) is 0 Å². The molecule has 0 saturated carbocycles. The van der Waals surface area contributed by atoms with E-state index in [0.717, 1.165) is 0 Å². The summed E-state index contributed by atoms with van der Waals surface area (Å²) in [6, 6.07) is 4.66. The van der Waals surface area contributed by atoms with E-state index in [2.05, 4.69) is 10.1 Å². The van der Waals surface area contributed by atoms with Crippen LogP contribution >= 0.6 is 11.6 Å². The lowest BCUT2D eigenvalue weighted by Gasteiger charge is -2.37. The maximum atomic E-state index is 15.6. The summed E-state index contributed by atoms with van der Waals surface area (Å²) < 4.78 is 28.8. The highest BCUT2D eigenvalue weighted by Crippen LogP contribution is 2.33. The predicted molar refractivity (Wildman–Crippen MR) is 152 cm³/mol. The molecule has 2 fully saturated rings. The Kier molecular flexibility index (Phi) is 8.23. The van der Waals surface area contributed by atoms with Crippen molar-refractivity contribution in [1.29, 1.82) is 0 Å². The molecule has 4 heterocycles. The number of aromatic nitrogens is 3. The van der Waals surface area contributed by atoms with Gasteiger partial charge in [0.2, 0.25) is 11.8 Å². The Labute approximate surface area is 248 Å². The standard InChI is InChI=1S/C29H34ClFN6O5/c1-17-10-35(28(40)42-29(2,3)4)13-20(41-17)9-21-22(7-19(30)8-23(21)31)27-24-6-18(12-37(24)33-16-32-27)11-36-25(38)14-34(5)15-26(36)39/h6-8,12,16-17,20H,9-11,13-15H2,1-5H3/t17-,20?/m0/s1. The highest BCUT2D eigenvalue weighted by atomic mass is 35.5. The van der Waals surface area contributed by atoms with Gasteiger partial charge in [-0.05, 0) is 58.5 Å². The molecular weight excluding hydrogens is 567 g/mol. The third kappa shape index (κ3) is 6.55. The lowest BCUT2D eigenvalue weighted by atomic mass is 9.97. The molecule has 5 rings (SSSR count). The summed E-state index contributed by atoms with van der Waals surface area (Å²) in [4.78, 5) is 46.8. The average Bonchev–Trinajstić information content (AvgIpc) is 3.29. The second-order valence-electron chi connectivity index (χ2n) is 11.9. The van der Waals surface area contributed by atoms with Gasteiger partial charge in [0.05, 0.1) is 56.1 Å². The van der Waals surface area contributed by atoms with E-state index in [1.165, 1.54) is 17.3 Å². The van der Waals surface area contributed by atoms with Crippen LogP contribution in [0.2, 0.25) is 5.02 Å². The summed E-state index contributed by atoms with van der Waals surface area (Å²) >= 11 is 6.32. The summed E-state index contributed by atoms with van der Waals surface area (Å²) in [7, 11) is 1.72. The topological polar surface area (TPSA) is 110 Å². The molecule has 0 spiro atoms. The number of hydrogen-bond acceptors (Lipinski definition) is 8. The van der Waals surface area contributed by atoms with Gasteiger partial charge in [-0.2, -0.15) is 5.10 Å². The largest absolute Gasteiger partial charge is 0.444 e. The molecular formula is C29H34ClFN6O5. The molecule has 224 valence electrons. The van der Waals surface area contributed by atoms with Crippen molar-refractivity contribution in [3.8, 4) is 11.3 Å². The first kappa shape index (κ1) is 29.9. The van der Waals surface area contributed by atoms with Crippen molar-refractivity contribution in [2.75, 3.05) is 33.2 Å². The Morgan fingerprint density at radius 2 is 1.88 bits per heavy atom. The third-order valence-electron chi connectivity index (χ3n) is 7.04. The van der Waals surface area contributed by atoms with E-state index in [0.29, 0.717) is 34.4 Å². The quantitative estimate of drug-likeness (QED) is 0.409. The van der Waals surface area contributed by atoms with Crippen LogP contribution < -0.4 is 0 Å². The number of carbonyl (C=O) groups excluding carboxylic acids is 3. The van der Waals surface area contributed by atoms with Crippen LogP contribution in [0.4, 0.5) is 9.18 Å². The van der Waals surface area contributed by atoms with Gasteiger partial charge in [-0.15, -0.1) is 0 Å². The van der Waals surface area contributed by atoms with E-state index in [1.54, 1.807) is 60.5 Å². The number of morpholine rings is 1. The fourth-order valence-corrected chi connectivity index (χ4v) is 5.55. The molecule has 1 aromatic carbocycles. The van der Waals surface area contributed by atoms with Crippen LogP contribution in [-0.4, -0.2) is 98.2 Å². The third-order valence-corrected chi connectivity index (χ3v) is 7.26. The Morgan fingerprint density at radius 1 is 1.17 bits per heavy atom. The van der Waals surface area contributed by atoms with E-state index in [-0.39, 0.29) is 55.5 Å². The number of imide groups is 1. The van der Waals surface area contributed by atoms with Crippen molar-refractivity contribution in [2.45, 2.75) is 58.5 Å². The second kappa shape index (κ2) is 11.6. The van der Waals surface area contributed by atoms with Crippen molar-refractivity contribution in [1.82, 2.24) is 29.3 Å². The fraction of sp³-hybridized carbons (Fsp3) is 0.483. The minimum atomic E-state index is -0.650. The van der Waals surface area contributed by atoms with Gasteiger partial charge < -0.3 is 14.4 Å². The number of amides is 3. The van der Waals surface area contributed by atoms with Crippen molar-refractivity contribution in [2.24, 2.45) is 0 Å². The Morgan fingerprint density at radius 3 is 2.57 bits per heavy atom. The van der Waals surface area contributed by atoms with E-state index < -0.39 is 23.6 Å². The highest BCUT2D eigenvalue weighted by Gasteiger charge is 2.33. The summed E-state index contributed by atoms with van der Waals surface area (Å²) in [6.07, 6.45) is 1.97. The van der Waals surface area contributed by atoms with Crippen LogP contribution in [0.25, 0.3) is 16.8 Å². The maximum Gasteiger partial charge on any atom is 0.410 e. The van der Waals surface area contributed by atoms with Gasteiger partial charge in [0, 0.05) is 28.8 Å². The van der Waals surface area contributed by atoms with Crippen LogP contribution in [-0.2, 0) is 32.0 Å². The Balaban J connectivity index is 1.45. The number of fused-ring (bicyclic) bond motifs is 1. The average molecular weight is 601 g/mol. The molecule has 13 heteroatoms. The Hall–Kier alpha value is -3.61.